The van der Waals surface area contributed by atoms with Gasteiger partial charge in [0.05, 0.1) is 26.0 Å². The summed E-state index contributed by atoms with van der Waals surface area (Å²) in [6.45, 7) is 1.83. The van der Waals surface area contributed by atoms with E-state index in [9.17, 15) is 4.79 Å². The standard InChI is InChI=1S/C15H16N2O4/c1-10-4-5-12(21-10)9-16-17-15(18)13-7-6-11(19-2)8-14(13)20-3/h4-9H,1-3H3,(H,17,18)/b16-9-. The minimum atomic E-state index is -0.381. The summed E-state index contributed by atoms with van der Waals surface area (Å²) in [5, 5.41) is 3.84. The molecule has 6 nitrogen and oxygen atoms in total. The number of rotatable bonds is 5. The zero-order valence-corrected chi connectivity index (χ0v) is 12.0. The molecule has 0 bridgehead atoms. The lowest BCUT2D eigenvalue weighted by atomic mass is 10.2. The largest absolute Gasteiger partial charge is 0.497 e. The number of hydrogen-bond donors (Lipinski definition) is 1. The van der Waals surface area contributed by atoms with E-state index >= 15 is 0 Å². The summed E-state index contributed by atoms with van der Waals surface area (Å²) < 4.78 is 15.5. The fourth-order valence-electron chi connectivity index (χ4n) is 1.72. The van der Waals surface area contributed by atoms with Crippen LogP contribution in [-0.2, 0) is 0 Å². The maximum atomic E-state index is 12.0. The Bertz CT molecular complexity index is 661. The average Bonchev–Trinajstić information content (AvgIpc) is 2.91. The molecule has 0 radical (unpaired) electrons. The van der Waals surface area contributed by atoms with Crippen LogP contribution in [0.4, 0.5) is 0 Å². The molecule has 0 spiro atoms. The van der Waals surface area contributed by atoms with Crippen LogP contribution in [0.25, 0.3) is 0 Å². The van der Waals surface area contributed by atoms with E-state index in [-0.39, 0.29) is 5.91 Å². The minimum Gasteiger partial charge on any atom is -0.497 e. The Morgan fingerprint density at radius 3 is 2.67 bits per heavy atom. The molecule has 2 rings (SSSR count). The highest BCUT2D eigenvalue weighted by Gasteiger charge is 2.12. The van der Waals surface area contributed by atoms with Crippen LogP contribution in [0.5, 0.6) is 11.5 Å². The number of methoxy groups -OCH3 is 2. The van der Waals surface area contributed by atoms with E-state index in [0.717, 1.165) is 5.76 Å². The van der Waals surface area contributed by atoms with E-state index in [2.05, 4.69) is 10.5 Å². The number of amides is 1. The maximum Gasteiger partial charge on any atom is 0.275 e. The molecule has 0 saturated heterocycles. The summed E-state index contributed by atoms with van der Waals surface area (Å²) in [6, 6.07) is 8.50. The van der Waals surface area contributed by atoms with Crippen molar-refractivity contribution in [3.63, 3.8) is 0 Å². The summed E-state index contributed by atoms with van der Waals surface area (Å²) in [4.78, 5) is 12.0. The normalized spacial score (nSPS) is 10.6. The Labute approximate surface area is 122 Å². The summed E-state index contributed by atoms with van der Waals surface area (Å²) in [7, 11) is 3.03. The van der Waals surface area contributed by atoms with Gasteiger partial charge in [0.15, 0.2) is 0 Å². The van der Waals surface area contributed by atoms with Gasteiger partial charge in [0.25, 0.3) is 5.91 Å². The molecule has 1 N–H and O–H groups in total. The molecule has 0 aliphatic rings. The molecule has 21 heavy (non-hydrogen) atoms. The van der Waals surface area contributed by atoms with Gasteiger partial charge in [0.1, 0.15) is 23.0 Å². The van der Waals surface area contributed by atoms with Crippen LogP contribution in [0.1, 0.15) is 21.9 Å². The van der Waals surface area contributed by atoms with Gasteiger partial charge in [-0.3, -0.25) is 4.79 Å². The highest BCUT2D eigenvalue weighted by atomic mass is 16.5. The van der Waals surface area contributed by atoms with Gasteiger partial charge >= 0.3 is 0 Å². The van der Waals surface area contributed by atoms with Crippen molar-refractivity contribution in [2.75, 3.05) is 14.2 Å². The maximum absolute atomic E-state index is 12.0. The van der Waals surface area contributed by atoms with Crippen molar-refractivity contribution in [1.82, 2.24) is 5.43 Å². The van der Waals surface area contributed by atoms with Crippen molar-refractivity contribution in [2.24, 2.45) is 5.10 Å². The Kier molecular flexibility index (Phi) is 4.61. The van der Waals surface area contributed by atoms with Crippen LogP contribution in [0.15, 0.2) is 39.9 Å². The van der Waals surface area contributed by atoms with Gasteiger partial charge in [-0.25, -0.2) is 5.43 Å². The molecule has 0 fully saturated rings. The number of carbonyl (C=O) groups excluding carboxylic acids is 1. The van der Waals surface area contributed by atoms with Gasteiger partial charge in [-0.15, -0.1) is 0 Å². The third kappa shape index (κ3) is 3.62. The van der Waals surface area contributed by atoms with E-state index in [1.165, 1.54) is 13.3 Å². The number of hydrogen-bond acceptors (Lipinski definition) is 5. The van der Waals surface area contributed by atoms with Crippen LogP contribution in [0, 0.1) is 6.92 Å². The fourth-order valence-corrected chi connectivity index (χ4v) is 1.72. The smallest absolute Gasteiger partial charge is 0.275 e. The molecule has 1 aromatic heterocycles. The van der Waals surface area contributed by atoms with Gasteiger partial charge in [-0.05, 0) is 31.2 Å². The molecule has 0 aliphatic carbocycles. The van der Waals surface area contributed by atoms with E-state index in [1.807, 2.05) is 13.0 Å². The van der Waals surface area contributed by atoms with Crippen molar-refractivity contribution < 1.29 is 18.7 Å². The molecule has 2 aromatic rings. The second kappa shape index (κ2) is 6.60. The van der Waals surface area contributed by atoms with Gasteiger partial charge in [-0.1, -0.05) is 0 Å². The van der Waals surface area contributed by atoms with Gasteiger partial charge < -0.3 is 13.9 Å². The van der Waals surface area contributed by atoms with Crippen LogP contribution in [0.3, 0.4) is 0 Å². The van der Waals surface area contributed by atoms with Crippen molar-refractivity contribution in [2.45, 2.75) is 6.92 Å². The zero-order valence-electron chi connectivity index (χ0n) is 12.0. The molecule has 1 amide bonds. The molecule has 0 saturated carbocycles. The number of ether oxygens (including phenoxy) is 2. The molecule has 110 valence electrons. The third-order valence-corrected chi connectivity index (χ3v) is 2.77. The van der Waals surface area contributed by atoms with Crippen molar-refractivity contribution in [3.8, 4) is 11.5 Å². The lowest BCUT2D eigenvalue weighted by Gasteiger charge is -2.08. The van der Waals surface area contributed by atoms with E-state index in [4.69, 9.17) is 13.9 Å². The van der Waals surface area contributed by atoms with Gasteiger partial charge in [0.2, 0.25) is 0 Å². The second-order valence-corrected chi connectivity index (χ2v) is 4.21. The minimum absolute atomic E-state index is 0.367. The number of carbonyl (C=O) groups is 1. The number of benzene rings is 1. The molecule has 6 heteroatoms. The molecule has 0 aliphatic heterocycles. The number of aryl methyl sites for hydroxylation is 1. The lowest BCUT2D eigenvalue weighted by Crippen LogP contribution is -2.18. The lowest BCUT2D eigenvalue weighted by molar-refractivity contribution is 0.0952. The van der Waals surface area contributed by atoms with E-state index in [0.29, 0.717) is 22.8 Å². The molecule has 1 heterocycles. The molecular formula is C15H16N2O4. The van der Waals surface area contributed by atoms with Crippen LogP contribution < -0.4 is 14.9 Å². The number of nitrogens with zero attached hydrogens (tertiary/aromatic N) is 1. The Balaban J connectivity index is 2.08. The Morgan fingerprint density at radius 1 is 1.24 bits per heavy atom. The van der Waals surface area contributed by atoms with E-state index < -0.39 is 0 Å². The molecule has 1 aromatic carbocycles. The zero-order chi connectivity index (χ0) is 15.2. The monoisotopic (exact) mass is 288 g/mol. The van der Waals surface area contributed by atoms with Crippen molar-refractivity contribution >= 4 is 12.1 Å². The summed E-state index contributed by atoms with van der Waals surface area (Å²) in [5.74, 6) is 1.98. The summed E-state index contributed by atoms with van der Waals surface area (Å²) >= 11 is 0. The second-order valence-electron chi connectivity index (χ2n) is 4.21. The Hall–Kier alpha value is -2.76. The highest BCUT2D eigenvalue weighted by Crippen LogP contribution is 2.24. The predicted molar refractivity (Wildman–Crippen MR) is 78.1 cm³/mol. The first-order valence-corrected chi connectivity index (χ1v) is 6.26. The van der Waals surface area contributed by atoms with E-state index in [1.54, 1.807) is 31.4 Å². The average molecular weight is 288 g/mol. The quantitative estimate of drug-likeness (QED) is 0.677. The van der Waals surface area contributed by atoms with Crippen LogP contribution in [0.2, 0.25) is 0 Å². The van der Waals surface area contributed by atoms with Crippen molar-refractivity contribution in [3.05, 3.63) is 47.4 Å². The van der Waals surface area contributed by atoms with Gasteiger partial charge in [-0.2, -0.15) is 5.10 Å². The first-order chi connectivity index (χ1) is 10.1. The molecular weight excluding hydrogens is 272 g/mol. The molecule has 0 unspecified atom stereocenters. The number of furan rings is 1. The van der Waals surface area contributed by atoms with Crippen LogP contribution >= 0.6 is 0 Å². The SMILES string of the molecule is COc1ccc(C(=O)N/N=C\c2ccc(C)o2)c(OC)c1. The first-order valence-electron chi connectivity index (χ1n) is 6.26. The highest BCUT2D eigenvalue weighted by molar-refractivity contribution is 5.97. The number of hydrazone groups is 1. The Morgan fingerprint density at radius 2 is 2.05 bits per heavy atom. The topological polar surface area (TPSA) is 73.1 Å². The predicted octanol–water partition coefficient (Wildman–Crippen LogP) is 2.37. The molecule has 0 atom stereocenters. The fraction of sp³-hybridized carbons (Fsp3) is 0.200. The number of nitrogens with one attached hydrogen (secondary N) is 1. The summed E-state index contributed by atoms with van der Waals surface area (Å²) in [5.41, 5.74) is 2.79. The van der Waals surface area contributed by atoms with Gasteiger partial charge in [0, 0.05) is 6.07 Å². The summed E-state index contributed by atoms with van der Waals surface area (Å²) in [6.07, 6.45) is 1.43. The third-order valence-electron chi connectivity index (χ3n) is 2.77. The first kappa shape index (κ1) is 14.6. The van der Waals surface area contributed by atoms with Crippen LogP contribution in [-0.4, -0.2) is 26.3 Å². The van der Waals surface area contributed by atoms with Crippen molar-refractivity contribution in [1.29, 1.82) is 0 Å².